The van der Waals surface area contributed by atoms with Gasteiger partial charge in [-0.15, -0.1) is 0 Å². The summed E-state index contributed by atoms with van der Waals surface area (Å²) in [6, 6.07) is 35.9. The van der Waals surface area contributed by atoms with E-state index in [9.17, 15) is 9.59 Å². The first-order valence-electron chi connectivity index (χ1n) is 15.7. The molecule has 4 aromatic rings. The lowest BCUT2D eigenvalue weighted by Gasteiger charge is -2.15. The van der Waals surface area contributed by atoms with Crippen LogP contribution in [0.25, 0.3) is 22.3 Å². The fourth-order valence-electron chi connectivity index (χ4n) is 4.90. The van der Waals surface area contributed by atoms with Crippen molar-refractivity contribution in [2.75, 3.05) is 13.1 Å². The van der Waals surface area contributed by atoms with E-state index in [0.29, 0.717) is 24.6 Å². The van der Waals surface area contributed by atoms with E-state index in [1.54, 1.807) is 13.8 Å². The number of ether oxygens (including phenoxy) is 2. The third-order valence-corrected chi connectivity index (χ3v) is 7.49. The minimum atomic E-state index is -0.555. The summed E-state index contributed by atoms with van der Waals surface area (Å²) in [5, 5.41) is 5.96. The zero-order valence-corrected chi connectivity index (χ0v) is 25.8. The lowest BCUT2D eigenvalue weighted by molar-refractivity contribution is -0.127. The van der Waals surface area contributed by atoms with Gasteiger partial charge in [-0.25, -0.2) is 0 Å². The minimum absolute atomic E-state index is 0.102. The Morgan fingerprint density at radius 3 is 1.16 bits per heavy atom. The van der Waals surface area contributed by atoms with E-state index in [1.165, 1.54) is 0 Å². The summed E-state index contributed by atoms with van der Waals surface area (Å²) in [6.45, 7) is 4.83. The van der Waals surface area contributed by atoms with E-state index in [-0.39, 0.29) is 11.8 Å². The zero-order chi connectivity index (χ0) is 31.0. The summed E-state index contributed by atoms with van der Waals surface area (Å²) in [7, 11) is 0. The predicted octanol–water partition coefficient (Wildman–Crippen LogP) is 7.83. The Hall–Kier alpha value is -4.58. The standard InChI is InChI=1S/C38H44N2O4/c1-29(43-35-23-19-33(20-24-35)31-15-9-7-10-16-31)37(41)39-27-13-5-3-4-6-14-28-40-38(42)30(2)44-36-25-21-34(22-26-36)32-17-11-8-12-18-32/h7-12,15-26,29-30H,3-6,13-14,27-28H2,1-2H3,(H,39,41)(H,40,42). The average Bonchev–Trinajstić information content (AvgIpc) is 3.06. The van der Waals surface area contributed by atoms with Gasteiger partial charge in [-0.05, 0) is 73.2 Å². The second kappa shape index (κ2) is 17.5. The van der Waals surface area contributed by atoms with Gasteiger partial charge in [0.25, 0.3) is 11.8 Å². The van der Waals surface area contributed by atoms with E-state index < -0.39 is 12.2 Å². The Bertz CT molecular complexity index is 1300. The molecule has 0 saturated heterocycles. The molecule has 6 heteroatoms. The zero-order valence-electron chi connectivity index (χ0n) is 25.8. The van der Waals surface area contributed by atoms with E-state index in [4.69, 9.17) is 9.47 Å². The summed E-state index contributed by atoms with van der Waals surface area (Å²) >= 11 is 0. The Kier molecular flexibility index (Phi) is 12.9. The van der Waals surface area contributed by atoms with Crippen molar-refractivity contribution in [3.63, 3.8) is 0 Å². The summed E-state index contributed by atoms with van der Waals surface area (Å²) in [5.41, 5.74) is 4.52. The van der Waals surface area contributed by atoms with Crippen molar-refractivity contribution in [1.29, 1.82) is 0 Å². The van der Waals surface area contributed by atoms with Crippen LogP contribution in [0.2, 0.25) is 0 Å². The first kappa shape index (κ1) is 32.3. The van der Waals surface area contributed by atoms with Crippen LogP contribution in [0.15, 0.2) is 109 Å². The number of amides is 2. The average molecular weight is 593 g/mol. The number of hydrogen-bond donors (Lipinski definition) is 2. The quantitative estimate of drug-likeness (QED) is 0.123. The Morgan fingerprint density at radius 1 is 0.477 bits per heavy atom. The minimum Gasteiger partial charge on any atom is -0.481 e. The molecule has 0 heterocycles. The normalized spacial score (nSPS) is 12.1. The molecule has 2 atom stereocenters. The predicted molar refractivity (Wildman–Crippen MR) is 178 cm³/mol. The fraction of sp³-hybridized carbons (Fsp3) is 0.316. The summed E-state index contributed by atoms with van der Waals surface area (Å²) in [6.07, 6.45) is 5.06. The van der Waals surface area contributed by atoms with Crippen LogP contribution in [0.3, 0.4) is 0 Å². The van der Waals surface area contributed by atoms with Crippen LogP contribution in [0, 0.1) is 0 Å². The summed E-state index contributed by atoms with van der Waals surface area (Å²) in [4.78, 5) is 24.9. The molecule has 0 aliphatic carbocycles. The van der Waals surface area contributed by atoms with Gasteiger partial charge in [0.1, 0.15) is 11.5 Å². The Balaban J connectivity index is 0.997. The largest absolute Gasteiger partial charge is 0.481 e. The van der Waals surface area contributed by atoms with Crippen molar-refractivity contribution < 1.29 is 19.1 Å². The highest BCUT2D eigenvalue weighted by Crippen LogP contribution is 2.24. The molecule has 230 valence electrons. The molecule has 2 N–H and O–H groups in total. The highest BCUT2D eigenvalue weighted by molar-refractivity contribution is 5.81. The topological polar surface area (TPSA) is 76.7 Å². The van der Waals surface area contributed by atoms with Gasteiger partial charge >= 0.3 is 0 Å². The van der Waals surface area contributed by atoms with E-state index in [0.717, 1.165) is 60.8 Å². The molecule has 2 amide bonds. The molecule has 0 aliphatic rings. The molecule has 0 aromatic heterocycles. The van der Waals surface area contributed by atoms with Crippen molar-refractivity contribution in [3.8, 4) is 33.8 Å². The van der Waals surface area contributed by atoms with Gasteiger partial charge in [-0.2, -0.15) is 0 Å². The molecule has 6 nitrogen and oxygen atoms in total. The highest BCUT2D eigenvalue weighted by Gasteiger charge is 2.15. The van der Waals surface area contributed by atoms with Gasteiger partial charge in [0.15, 0.2) is 12.2 Å². The van der Waals surface area contributed by atoms with Gasteiger partial charge < -0.3 is 20.1 Å². The van der Waals surface area contributed by atoms with Crippen molar-refractivity contribution >= 4 is 11.8 Å². The van der Waals surface area contributed by atoms with Gasteiger partial charge in [0.2, 0.25) is 0 Å². The van der Waals surface area contributed by atoms with Crippen molar-refractivity contribution in [2.24, 2.45) is 0 Å². The molecule has 2 unspecified atom stereocenters. The van der Waals surface area contributed by atoms with Crippen molar-refractivity contribution in [1.82, 2.24) is 10.6 Å². The molecular weight excluding hydrogens is 548 g/mol. The third-order valence-electron chi connectivity index (χ3n) is 7.49. The van der Waals surface area contributed by atoms with Crippen LogP contribution in [0.5, 0.6) is 11.5 Å². The van der Waals surface area contributed by atoms with Crippen molar-refractivity contribution in [3.05, 3.63) is 109 Å². The maximum absolute atomic E-state index is 12.4. The summed E-state index contributed by atoms with van der Waals surface area (Å²) < 4.78 is 11.7. The van der Waals surface area contributed by atoms with Crippen LogP contribution in [0.1, 0.15) is 52.4 Å². The van der Waals surface area contributed by atoms with E-state index in [1.807, 2.05) is 84.9 Å². The lowest BCUT2D eigenvalue weighted by Crippen LogP contribution is -2.36. The first-order chi connectivity index (χ1) is 21.5. The molecule has 4 rings (SSSR count). The lowest BCUT2D eigenvalue weighted by atomic mass is 10.1. The number of carbonyl (C=O) groups excluding carboxylic acids is 2. The summed E-state index contributed by atoms with van der Waals surface area (Å²) in [5.74, 6) is 1.16. The third kappa shape index (κ3) is 10.6. The van der Waals surface area contributed by atoms with Gasteiger partial charge in [-0.3, -0.25) is 9.59 Å². The molecule has 0 fully saturated rings. The van der Waals surface area contributed by atoms with Crippen LogP contribution < -0.4 is 20.1 Å². The van der Waals surface area contributed by atoms with Crippen LogP contribution >= 0.6 is 0 Å². The molecule has 0 spiro atoms. The first-order valence-corrected chi connectivity index (χ1v) is 15.7. The number of hydrogen-bond acceptors (Lipinski definition) is 4. The number of nitrogens with one attached hydrogen (secondary N) is 2. The second-order valence-electron chi connectivity index (χ2n) is 11.0. The smallest absolute Gasteiger partial charge is 0.260 e. The molecule has 0 bridgehead atoms. The molecular formula is C38H44N2O4. The van der Waals surface area contributed by atoms with Crippen LogP contribution in [-0.2, 0) is 9.59 Å². The Morgan fingerprint density at radius 2 is 0.795 bits per heavy atom. The van der Waals surface area contributed by atoms with E-state index >= 15 is 0 Å². The van der Waals surface area contributed by atoms with Crippen molar-refractivity contribution in [2.45, 2.75) is 64.6 Å². The number of rotatable bonds is 17. The molecule has 44 heavy (non-hydrogen) atoms. The fourth-order valence-corrected chi connectivity index (χ4v) is 4.90. The SMILES string of the molecule is CC(Oc1ccc(-c2ccccc2)cc1)C(=O)NCCCCCCCCNC(=O)C(C)Oc1ccc(-c2ccccc2)cc1. The maximum atomic E-state index is 12.4. The van der Waals surface area contributed by atoms with Crippen LogP contribution in [0.4, 0.5) is 0 Å². The van der Waals surface area contributed by atoms with Gasteiger partial charge in [0, 0.05) is 13.1 Å². The number of carbonyl (C=O) groups is 2. The highest BCUT2D eigenvalue weighted by atomic mass is 16.5. The van der Waals surface area contributed by atoms with Gasteiger partial charge in [0.05, 0.1) is 0 Å². The molecule has 0 radical (unpaired) electrons. The number of unbranched alkanes of at least 4 members (excludes halogenated alkanes) is 5. The van der Waals surface area contributed by atoms with Gasteiger partial charge in [-0.1, -0.05) is 111 Å². The molecule has 0 aliphatic heterocycles. The maximum Gasteiger partial charge on any atom is 0.260 e. The van der Waals surface area contributed by atoms with E-state index in [2.05, 4.69) is 34.9 Å². The molecule has 0 saturated carbocycles. The monoisotopic (exact) mass is 592 g/mol. The molecule has 4 aromatic carbocycles. The number of benzene rings is 4. The Labute approximate surface area is 261 Å². The van der Waals surface area contributed by atoms with Crippen LogP contribution in [-0.4, -0.2) is 37.1 Å². The second-order valence-corrected chi connectivity index (χ2v) is 11.0.